The van der Waals surface area contributed by atoms with Gasteiger partial charge in [0, 0.05) is 5.56 Å². The number of hydrogen-bond acceptors (Lipinski definition) is 2. The van der Waals surface area contributed by atoms with E-state index in [2.05, 4.69) is 10.5 Å². The SMILES string of the molecule is COc1ccc(C2=N[N]C=C2C)cc1. The molecule has 1 heterocycles. The lowest BCUT2D eigenvalue weighted by Crippen LogP contribution is -1.99. The van der Waals surface area contributed by atoms with Crippen LogP contribution in [-0.2, 0) is 0 Å². The first-order valence-corrected chi connectivity index (χ1v) is 4.40. The molecular formula is C11H11N2O. The molecule has 0 amide bonds. The normalized spacial score (nSPS) is 14.4. The van der Waals surface area contributed by atoms with Gasteiger partial charge in [-0.25, -0.2) is 0 Å². The summed E-state index contributed by atoms with van der Waals surface area (Å²) >= 11 is 0. The minimum atomic E-state index is 0.853. The molecule has 0 saturated heterocycles. The highest BCUT2D eigenvalue weighted by atomic mass is 16.5. The van der Waals surface area contributed by atoms with E-state index in [1.807, 2.05) is 31.2 Å². The van der Waals surface area contributed by atoms with Gasteiger partial charge in [0.15, 0.2) is 0 Å². The van der Waals surface area contributed by atoms with Crippen LogP contribution in [0, 0.1) is 0 Å². The van der Waals surface area contributed by atoms with Crippen LogP contribution in [0.5, 0.6) is 5.75 Å². The van der Waals surface area contributed by atoms with Crippen LogP contribution in [0.15, 0.2) is 41.1 Å². The maximum atomic E-state index is 5.08. The second-order valence-corrected chi connectivity index (χ2v) is 3.10. The zero-order valence-electron chi connectivity index (χ0n) is 8.19. The summed E-state index contributed by atoms with van der Waals surface area (Å²) in [5.74, 6) is 0.853. The molecule has 0 atom stereocenters. The molecule has 0 aromatic heterocycles. The lowest BCUT2D eigenvalue weighted by atomic mass is 10.1. The monoisotopic (exact) mass is 187 g/mol. The number of methoxy groups -OCH3 is 1. The summed E-state index contributed by atoms with van der Waals surface area (Å²) in [5, 5.41) is 4.05. The quantitative estimate of drug-likeness (QED) is 0.696. The summed E-state index contributed by atoms with van der Waals surface area (Å²) in [5.41, 5.74) is 6.96. The lowest BCUT2D eigenvalue weighted by Gasteiger charge is -2.02. The van der Waals surface area contributed by atoms with E-state index in [4.69, 9.17) is 4.74 Å². The van der Waals surface area contributed by atoms with Crippen molar-refractivity contribution >= 4 is 5.71 Å². The predicted octanol–water partition coefficient (Wildman–Crippen LogP) is 1.92. The number of rotatable bonds is 2. The molecule has 0 unspecified atom stereocenters. The Morgan fingerprint density at radius 1 is 1.14 bits per heavy atom. The summed E-state index contributed by atoms with van der Waals surface area (Å²) in [7, 11) is 1.66. The van der Waals surface area contributed by atoms with Gasteiger partial charge < -0.3 is 4.74 Å². The van der Waals surface area contributed by atoms with Crippen molar-refractivity contribution in [2.24, 2.45) is 5.10 Å². The Morgan fingerprint density at radius 3 is 2.36 bits per heavy atom. The third-order valence-corrected chi connectivity index (χ3v) is 2.15. The van der Waals surface area contributed by atoms with Crippen LogP contribution < -0.4 is 10.2 Å². The molecule has 1 aromatic carbocycles. The number of hydrogen-bond donors (Lipinski definition) is 0. The van der Waals surface area contributed by atoms with Gasteiger partial charge in [-0.1, -0.05) is 0 Å². The van der Waals surface area contributed by atoms with E-state index in [1.54, 1.807) is 13.3 Å². The predicted molar refractivity (Wildman–Crippen MR) is 55.4 cm³/mol. The summed E-state index contributed by atoms with van der Waals surface area (Å²) in [6.07, 6.45) is 1.76. The molecule has 0 bridgehead atoms. The summed E-state index contributed by atoms with van der Waals surface area (Å²) in [4.78, 5) is 0. The van der Waals surface area contributed by atoms with Crippen molar-refractivity contribution in [2.45, 2.75) is 6.92 Å². The number of ether oxygens (including phenoxy) is 1. The van der Waals surface area contributed by atoms with Crippen LogP contribution in [0.1, 0.15) is 12.5 Å². The molecule has 0 aliphatic carbocycles. The van der Waals surface area contributed by atoms with E-state index < -0.39 is 0 Å². The molecule has 1 aromatic rings. The zero-order valence-corrected chi connectivity index (χ0v) is 8.19. The standard InChI is InChI=1S/C11H11N2O/c1-8-7-12-13-11(8)9-3-5-10(14-2)6-4-9/h3-7H,1-2H3. The molecule has 0 fully saturated rings. The van der Waals surface area contributed by atoms with E-state index in [0.29, 0.717) is 0 Å². The average Bonchev–Trinajstić information content (AvgIpc) is 2.65. The lowest BCUT2D eigenvalue weighted by molar-refractivity contribution is 0.415. The molecule has 0 spiro atoms. The van der Waals surface area contributed by atoms with Gasteiger partial charge in [0.1, 0.15) is 5.75 Å². The van der Waals surface area contributed by atoms with Gasteiger partial charge in [0.2, 0.25) is 0 Å². The highest BCUT2D eigenvalue weighted by molar-refractivity contribution is 6.13. The zero-order chi connectivity index (χ0) is 9.97. The Morgan fingerprint density at radius 2 is 1.86 bits per heavy atom. The highest BCUT2D eigenvalue weighted by Gasteiger charge is 2.10. The molecule has 2 rings (SSSR count). The van der Waals surface area contributed by atoms with Crippen molar-refractivity contribution in [3.8, 4) is 5.75 Å². The van der Waals surface area contributed by atoms with Gasteiger partial charge in [-0.15, -0.1) is 0 Å². The van der Waals surface area contributed by atoms with Gasteiger partial charge in [-0.2, -0.15) is 10.5 Å². The first-order valence-electron chi connectivity index (χ1n) is 4.40. The van der Waals surface area contributed by atoms with Crippen molar-refractivity contribution in [3.05, 3.63) is 41.6 Å². The molecule has 1 aliphatic rings. The van der Waals surface area contributed by atoms with Crippen molar-refractivity contribution in [1.82, 2.24) is 5.43 Å². The maximum Gasteiger partial charge on any atom is 0.118 e. The van der Waals surface area contributed by atoms with Gasteiger partial charge in [0.05, 0.1) is 19.0 Å². The second kappa shape index (κ2) is 3.54. The molecule has 1 aliphatic heterocycles. The number of nitrogens with zero attached hydrogens (tertiary/aromatic N) is 2. The molecule has 0 saturated carbocycles. The van der Waals surface area contributed by atoms with E-state index in [9.17, 15) is 0 Å². The second-order valence-electron chi connectivity index (χ2n) is 3.10. The molecule has 14 heavy (non-hydrogen) atoms. The first-order chi connectivity index (χ1) is 6.81. The maximum absolute atomic E-state index is 5.08. The Bertz CT molecular complexity index is 390. The van der Waals surface area contributed by atoms with E-state index in [0.717, 1.165) is 22.6 Å². The molecular weight excluding hydrogens is 176 g/mol. The van der Waals surface area contributed by atoms with Gasteiger partial charge in [0.25, 0.3) is 0 Å². The Labute approximate surface area is 83.1 Å². The molecule has 3 heteroatoms. The first kappa shape index (κ1) is 8.81. The van der Waals surface area contributed by atoms with Crippen molar-refractivity contribution < 1.29 is 4.74 Å². The van der Waals surface area contributed by atoms with Crippen LogP contribution in [-0.4, -0.2) is 12.8 Å². The van der Waals surface area contributed by atoms with Crippen LogP contribution >= 0.6 is 0 Å². The molecule has 0 N–H and O–H groups in total. The largest absolute Gasteiger partial charge is 0.497 e. The summed E-state index contributed by atoms with van der Waals surface area (Å²) in [6, 6.07) is 7.80. The van der Waals surface area contributed by atoms with E-state index in [-0.39, 0.29) is 0 Å². The molecule has 1 radical (unpaired) electrons. The van der Waals surface area contributed by atoms with Crippen LogP contribution in [0.25, 0.3) is 0 Å². The van der Waals surface area contributed by atoms with Gasteiger partial charge in [-0.05, 0) is 36.8 Å². The fourth-order valence-electron chi connectivity index (χ4n) is 1.35. The third kappa shape index (κ3) is 1.48. The van der Waals surface area contributed by atoms with Gasteiger partial charge >= 0.3 is 0 Å². The van der Waals surface area contributed by atoms with E-state index >= 15 is 0 Å². The molecule has 3 nitrogen and oxygen atoms in total. The fourth-order valence-corrected chi connectivity index (χ4v) is 1.35. The number of allylic oxidation sites excluding steroid dienone is 1. The Balaban J connectivity index is 2.30. The molecule has 71 valence electrons. The summed E-state index contributed by atoms with van der Waals surface area (Å²) in [6.45, 7) is 2.00. The van der Waals surface area contributed by atoms with Crippen LogP contribution in [0.2, 0.25) is 0 Å². The van der Waals surface area contributed by atoms with E-state index in [1.165, 1.54) is 0 Å². The highest BCUT2D eigenvalue weighted by Crippen LogP contribution is 2.16. The smallest absolute Gasteiger partial charge is 0.118 e. The topological polar surface area (TPSA) is 35.7 Å². The number of benzene rings is 1. The Kier molecular flexibility index (Phi) is 2.23. The van der Waals surface area contributed by atoms with Crippen LogP contribution in [0.4, 0.5) is 0 Å². The van der Waals surface area contributed by atoms with Gasteiger partial charge in [-0.3, -0.25) is 0 Å². The third-order valence-electron chi connectivity index (χ3n) is 2.15. The van der Waals surface area contributed by atoms with Crippen LogP contribution in [0.3, 0.4) is 0 Å². The summed E-state index contributed by atoms with van der Waals surface area (Å²) < 4.78 is 5.08. The Hall–Kier alpha value is -1.77. The average molecular weight is 187 g/mol. The fraction of sp³-hybridized carbons (Fsp3) is 0.182. The van der Waals surface area contributed by atoms with Crippen molar-refractivity contribution in [1.29, 1.82) is 0 Å². The minimum absolute atomic E-state index is 0.853. The van der Waals surface area contributed by atoms with Crippen molar-refractivity contribution in [3.63, 3.8) is 0 Å². The van der Waals surface area contributed by atoms with Crippen molar-refractivity contribution in [2.75, 3.05) is 7.11 Å². The minimum Gasteiger partial charge on any atom is -0.497 e.